The number of carbonyl (C=O) groups excluding carboxylic acids is 1. The zero-order valence-corrected chi connectivity index (χ0v) is 19.4. The number of fused-ring (bicyclic) bond motifs is 1. The van der Waals surface area contributed by atoms with Crippen LogP contribution in [-0.4, -0.2) is 26.6 Å². The van der Waals surface area contributed by atoms with Crippen LogP contribution in [0.1, 0.15) is 48.6 Å². The molecule has 2 aromatic carbocycles. The van der Waals surface area contributed by atoms with E-state index in [9.17, 15) is 26.4 Å². The van der Waals surface area contributed by atoms with Gasteiger partial charge in [0.2, 0.25) is 15.9 Å². The zero-order valence-electron chi connectivity index (χ0n) is 17.8. The Kier molecular flexibility index (Phi) is 6.81. The number of anilines is 1. The van der Waals surface area contributed by atoms with Gasteiger partial charge in [-0.2, -0.15) is 13.2 Å². The van der Waals surface area contributed by atoms with E-state index in [4.69, 9.17) is 11.6 Å². The lowest BCUT2D eigenvalue weighted by molar-refractivity contribution is -0.137. The van der Waals surface area contributed by atoms with Crippen molar-refractivity contribution in [2.45, 2.75) is 51.4 Å². The summed E-state index contributed by atoms with van der Waals surface area (Å²) in [6, 6.07) is 7.03. The minimum Gasteiger partial charge on any atom is -0.348 e. The number of aryl methyl sites for hydroxylation is 2. The Labute approximate surface area is 190 Å². The summed E-state index contributed by atoms with van der Waals surface area (Å²) in [5.41, 5.74) is 1.92. The molecule has 0 aliphatic heterocycles. The molecule has 1 aliphatic carbocycles. The lowest BCUT2D eigenvalue weighted by Crippen LogP contribution is -2.48. The highest BCUT2D eigenvalue weighted by Gasteiger charge is 2.36. The number of carbonyl (C=O) groups is 1. The summed E-state index contributed by atoms with van der Waals surface area (Å²) < 4.78 is 65.4. The molecule has 0 heterocycles. The van der Waals surface area contributed by atoms with Gasteiger partial charge in [-0.1, -0.05) is 29.8 Å². The Balaban J connectivity index is 1.86. The van der Waals surface area contributed by atoms with Crippen molar-refractivity contribution in [1.29, 1.82) is 0 Å². The van der Waals surface area contributed by atoms with Crippen molar-refractivity contribution in [3.05, 3.63) is 63.7 Å². The molecule has 0 unspecified atom stereocenters. The molecule has 0 fully saturated rings. The summed E-state index contributed by atoms with van der Waals surface area (Å²) in [6.45, 7) is 3.10. The average Bonchev–Trinajstić information content (AvgIpc) is 3.15. The van der Waals surface area contributed by atoms with Crippen LogP contribution in [0.15, 0.2) is 36.4 Å². The highest BCUT2D eigenvalue weighted by molar-refractivity contribution is 7.92. The molecule has 5 nitrogen and oxygen atoms in total. The third kappa shape index (κ3) is 5.20. The van der Waals surface area contributed by atoms with Crippen LogP contribution in [0.4, 0.5) is 18.9 Å². The summed E-state index contributed by atoms with van der Waals surface area (Å²) in [5.74, 6) is -0.632. The van der Waals surface area contributed by atoms with Crippen LogP contribution >= 0.6 is 11.6 Å². The van der Waals surface area contributed by atoms with Crippen LogP contribution in [0.25, 0.3) is 0 Å². The highest BCUT2D eigenvalue weighted by atomic mass is 35.5. The maximum Gasteiger partial charge on any atom is 0.417 e. The van der Waals surface area contributed by atoms with Crippen molar-refractivity contribution >= 4 is 33.2 Å². The Hall–Kier alpha value is -2.26. The quantitative estimate of drug-likeness (QED) is 0.630. The van der Waals surface area contributed by atoms with Crippen molar-refractivity contribution in [2.24, 2.45) is 0 Å². The Morgan fingerprint density at radius 2 is 1.75 bits per heavy atom. The second kappa shape index (κ2) is 8.94. The predicted octanol–water partition coefficient (Wildman–Crippen LogP) is 4.88. The molecule has 2 aromatic rings. The van der Waals surface area contributed by atoms with Crippen molar-refractivity contribution in [3.63, 3.8) is 0 Å². The van der Waals surface area contributed by atoms with Gasteiger partial charge in [-0.15, -0.1) is 0 Å². The molecular formula is C22H24ClF3N2O3S. The topological polar surface area (TPSA) is 66.5 Å². The maximum absolute atomic E-state index is 13.3. The molecule has 0 radical (unpaired) electrons. The molecule has 1 aliphatic rings. The second-order valence-corrected chi connectivity index (χ2v) is 10.3. The first kappa shape index (κ1) is 24.4. The first-order chi connectivity index (χ1) is 14.8. The van der Waals surface area contributed by atoms with Crippen molar-refractivity contribution < 1.29 is 26.4 Å². The van der Waals surface area contributed by atoms with Crippen molar-refractivity contribution in [2.75, 3.05) is 10.6 Å². The van der Waals surface area contributed by atoms with Gasteiger partial charge in [0.15, 0.2) is 0 Å². The van der Waals surface area contributed by atoms with Gasteiger partial charge < -0.3 is 5.32 Å². The van der Waals surface area contributed by atoms with E-state index in [-0.39, 0.29) is 5.69 Å². The fourth-order valence-corrected chi connectivity index (χ4v) is 5.35. The lowest BCUT2D eigenvalue weighted by atomic mass is 10.0. The summed E-state index contributed by atoms with van der Waals surface area (Å²) in [6.07, 6.45) is -0.856. The molecular weight excluding hydrogens is 465 g/mol. The molecule has 10 heteroatoms. The maximum atomic E-state index is 13.3. The summed E-state index contributed by atoms with van der Waals surface area (Å²) in [5, 5.41) is 2.21. The van der Waals surface area contributed by atoms with Crippen LogP contribution in [0.3, 0.4) is 0 Å². The predicted molar refractivity (Wildman–Crippen MR) is 118 cm³/mol. The van der Waals surface area contributed by atoms with Gasteiger partial charge in [0.1, 0.15) is 6.04 Å². The van der Waals surface area contributed by atoms with E-state index >= 15 is 0 Å². The van der Waals surface area contributed by atoms with E-state index in [0.717, 1.165) is 43.2 Å². The molecule has 3 rings (SSSR count). The molecule has 174 valence electrons. The number of nitrogens with one attached hydrogen (secondary N) is 1. The number of hydrogen-bond acceptors (Lipinski definition) is 3. The summed E-state index contributed by atoms with van der Waals surface area (Å²) >= 11 is 5.65. The van der Waals surface area contributed by atoms with E-state index in [1.807, 2.05) is 18.2 Å². The first-order valence-corrected chi connectivity index (χ1v) is 12.3. The monoisotopic (exact) mass is 488 g/mol. The fraction of sp³-hybridized carbons (Fsp3) is 0.409. The number of rotatable bonds is 6. The Bertz CT molecular complexity index is 1140. The van der Waals surface area contributed by atoms with E-state index in [1.165, 1.54) is 18.1 Å². The van der Waals surface area contributed by atoms with Crippen LogP contribution < -0.4 is 9.62 Å². The van der Waals surface area contributed by atoms with E-state index < -0.39 is 44.8 Å². The van der Waals surface area contributed by atoms with Gasteiger partial charge in [-0.25, -0.2) is 8.42 Å². The lowest BCUT2D eigenvalue weighted by Gasteiger charge is -2.30. The molecule has 2 atom stereocenters. The first-order valence-electron chi connectivity index (χ1n) is 10.1. The van der Waals surface area contributed by atoms with Crippen LogP contribution in [-0.2, 0) is 33.8 Å². The van der Waals surface area contributed by atoms with Crippen molar-refractivity contribution in [3.8, 4) is 0 Å². The second-order valence-electron chi connectivity index (χ2n) is 8.01. The molecule has 0 aromatic heterocycles. The number of alkyl halides is 3. The molecule has 1 amide bonds. The van der Waals surface area contributed by atoms with E-state index in [0.29, 0.717) is 10.4 Å². The Morgan fingerprint density at radius 3 is 2.38 bits per heavy atom. The minimum atomic E-state index is -4.77. The number of benzene rings is 2. The molecule has 32 heavy (non-hydrogen) atoms. The molecule has 0 saturated heterocycles. The minimum absolute atomic E-state index is 0.294. The number of amides is 1. The van der Waals surface area contributed by atoms with Gasteiger partial charge in [0.25, 0.3) is 0 Å². The number of nitrogens with zero attached hydrogens (tertiary/aromatic N) is 1. The Morgan fingerprint density at radius 1 is 1.09 bits per heavy atom. The number of halogens is 4. The van der Waals surface area contributed by atoms with Gasteiger partial charge in [0, 0.05) is 0 Å². The van der Waals surface area contributed by atoms with Crippen LogP contribution in [0.5, 0.6) is 0 Å². The van der Waals surface area contributed by atoms with Gasteiger partial charge in [0.05, 0.1) is 28.6 Å². The SMILES string of the molecule is C[C@H](C(=O)N[C@H](C)c1ccc2c(c1)CCC2)N(c1ccc(Cl)c(C(F)(F)F)c1)S(C)(=O)=O. The molecule has 0 saturated carbocycles. The largest absolute Gasteiger partial charge is 0.417 e. The smallest absolute Gasteiger partial charge is 0.348 e. The van der Waals surface area contributed by atoms with Gasteiger partial charge in [-0.3, -0.25) is 9.10 Å². The molecule has 0 bridgehead atoms. The third-order valence-electron chi connectivity index (χ3n) is 5.58. The van der Waals surface area contributed by atoms with E-state index in [2.05, 4.69) is 5.32 Å². The average molecular weight is 489 g/mol. The van der Waals surface area contributed by atoms with Crippen LogP contribution in [0, 0.1) is 0 Å². The zero-order chi connectivity index (χ0) is 23.8. The standard InChI is InChI=1S/C22H24ClF3N2O3S/c1-13(16-8-7-15-5-4-6-17(15)11-16)27-21(29)14(2)28(32(3,30)31)18-9-10-20(23)19(12-18)22(24,25)26/h7-14H,4-6H2,1-3H3,(H,27,29)/t13-,14-/m1/s1. The van der Waals surface area contributed by atoms with Crippen molar-refractivity contribution in [1.82, 2.24) is 5.32 Å². The number of sulfonamides is 1. The third-order valence-corrected chi connectivity index (χ3v) is 7.15. The fourth-order valence-electron chi connectivity index (χ4n) is 3.95. The highest BCUT2D eigenvalue weighted by Crippen LogP contribution is 2.38. The normalized spacial score (nSPS) is 15.7. The molecule has 0 spiro atoms. The molecule has 1 N–H and O–H groups in total. The summed E-state index contributed by atoms with van der Waals surface area (Å²) in [7, 11) is -4.08. The van der Waals surface area contributed by atoms with Crippen LogP contribution in [0.2, 0.25) is 5.02 Å². The number of hydrogen-bond donors (Lipinski definition) is 1. The van der Waals surface area contributed by atoms with Gasteiger partial charge >= 0.3 is 6.18 Å². The van der Waals surface area contributed by atoms with Gasteiger partial charge in [-0.05, 0) is 68.0 Å². The van der Waals surface area contributed by atoms with E-state index in [1.54, 1.807) is 6.92 Å². The summed E-state index contributed by atoms with van der Waals surface area (Å²) in [4.78, 5) is 12.9.